The maximum Gasteiger partial charge on any atom is 0.263 e. The molecule has 7 heteroatoms. The summed E-state index contributed by atoms with van der Waals surface area (Å²) in [5.41, 5.74) is 3.08. The summed E-state index contributed by atoms with van der Waals surface area (Å²) in [4.78, 5) is 22.2. The highest BCUT2D eigenvalue weighted by Crippen LogP contribution is 2.19. The molecule has 0 fully saturated rings. The summed E-state index contributed by atoms with van der Waals surface area (Å²) >= 11 is 0. The number of fused-ring (bicyclic) bond motifs is 2. The van der Waals surface area contributed by atoms with E-state index in [1.54, 1.807) is 10.9 Å². The number of benzene rings is 1. The first kappa shape index (κ1) is 17.7. The van der Waals surface area contributed by atoms with Gasteiger partial charge in [0.2, 0.25) is 5.95 Å². The Morgan fingerprint density at radius 1 is 1.22 bits per heavy atom. The Bertz CT molecular complexity index is 1010. The summed E-state index contributed by atoms with van der Waals surface area (Å²) < 4.78 is 1.80. The minimum atomic E-state index is -0.235. The van der Waals surface area contributed by atoms with Crippen molar-refractivity contribution in [2.75, 3.05) is 25.0 Å². The summed E-state index contributed by atoms with van der Waals surface area (Å²) in [6.45, 7) is 9.78. The van der Waals surface area contributed by atoms with Crippen LogP contribution in [0.4, 0.5) is 5.95 Å². The van der Waals surface area contributed by atoms with Crippen molar-refractivity contribution >= 4 is 17.0 Å². The molecule has 0 saturated carbocycles. The van der Waals surface area contributed by atoms with Gasteiger partial charge in [0.25, 0.3) is 5.56 Å². The summed E-state index contributed by atoms with van der Waals surface area (Å²) in [6, 6.07) is 8.63. The fourth-order valence-corrected chi connectivity index (χ4v) is 3.57. The van der Waals surface area contributed by atoms with E-state index in [0.717, 1.165) is 32.6 Å². The second kappa shape index (κ2) is 6.81. The van der Waals surface area contributed by atoms with Gasteiger partial charge >= 0.3 is 0 Å². The first-order valence-electron chi connectivity index (χ1n) is 9.43. The van der Waals surface area contributed by atoms with Gasteiger partial charge in [-0.15, -0.1) is 0 Å². The fourth-order valence-electron chi connectivity index (χ4n) is 3.57. The lowest BCUT2D eigenvalue weighted by molar-refractivity contribution is 0.264. The van der Waals surface area contributed by atoms with Crippen molar-refractivity contribution in [2.24, 2.45) is 0 Å². The molecule has 2 aromatic heterocycles. The quantitative estimate of drug-likeness (QED) is 0.741. The second-order valence-corrected chi connectivity index (χ2v) is 8.10. The van der Waals surface area contributed by atoms with E-state index in [4.69, 9.17) is 0 Å². The number of hydrogen-bond donors (Lipinski definition) is 2. The van der Waals surface area contributed by atoms with Gasteiger partial charge in [-0.1, -0.05) is 24.3 Å². The van der Waals surface area contributed by atoms with E-state index in [2.05, 4.69) is 49.5 Å². The van der Waals surface area contributed by atoms with E-state index in [1.807, 2.05) is 20.8 Å². The van der Waals surface area contributed by atoms with Crippen LogP contribution in [0.15, 0.2) is 35.3 Å². The van der Waals surface area contributed by atoms with Crippen molar-refractivity contribution in [1.82, 2.24) is 24.6 Å². The zero-order chi connectivity index (χ0) is 19.0. The molecule has 4 rings (SSSR count). The fraction of sp³-hybridized carbons (Fsp3) is 0.450. The third-order valence-electron chi connectivity index (χ3n) is 5.00. The lowest BCUT2D eigenvalue weighted by Crippen LogP contribution is -2.34. The third-order valence-corrected chi connectivity index (χ3v) is 5.00. The highest BCUT2D eigenvalue weighted by atomic mass is 16.1. The molecule has 0 radical (unpaired) electrons. The van der Waals surface area contributed by atoms with Crippen LogP contribution >= 0.6 is 0 Å². The van der Waals surface area contributed by atoms with Crippen molar-refractivity contribution in [2.45, 2.75) is 39.3 Å². The normalized spacial score (nSPS) is 15.1. The van der Waals surface area contributed by atoms with Gasteiger partial charge in [0.05, 0.1) is 11.7 Å². The van der Waals surface area contributed by atoms with Crippen LogP contribution < -0.4 is 10.9 Å². The molecule has 142 valence electrons. The number of rotatable bonds is 4. The van der Waals surface area contributed by atoms with Gasteiger partial charge in [0.15, 0.2) is 5.65 Å². The number of nitrogens with one attached hydrogen (secondary N) is 2. The van der Waals surface area contributed by atoms with Crippen LogP contribution in [0.25, 0.3) is 11.0 Å². The molecule has 0 unspecified atom stereocenters. The molecule has 2 N–H and O–H groups in total. The van der Waals surface area contributed by atoms with Crippen LogP contribution in [0, 0.1) is 0 Å². The largest absolute Gasteiger partial charge is 0.354 e. The third kappa shape index (κ3) is 3.60. The molecule has 3 aromatic rings. The highest BCUT2D eigenvalue weighted by molar-refractivity contribution is 5.74. The Balaban J connectivity index is 1.44. The summed E-state index contributed by atoms with van der Waals surface area (Å²) in [6.07, 6.45) is 2.67. The molecule has 0 atom stereocenters. The van der Waals surface area contributed by atoms with Gasteiger partial charge < -0.3 is 5.32 Å². The van der Waals surface area contributed by atoms with Gasteiger partial charge in [-0.3, -0.25) is 14.7 Å². The Hall–Kier alpha value is -2.67. The highest BCUT2D eigenvalue weighted by Gasteiger charge is 2.20. The Labute approximate surface area is 158 Å². The van der Waals surface area contributed by atoms with E-state index in [9.17, 15) is 4.79 Å². The van der Waals surface area contributed by atoms with Crippen molar-refractivity contribution < 1.29 is 0 Å². The Morgan fingerprint density at radius 3 is 2.78 bits per heavy atom. The Kier molecular flexibility index (Phi) is 4.47. The van der Waals surface area contributed by atoms with Crippen LogP contribution in [-0.4, -0.2) is 44.3 Å². The number of anilines is 1. The molecule has 0 bridgehead atoms. The zero-order valence-corrected chi connectivity index (χ0v) is 16.1. The number of aromatic amines is 1. The van der Waals surface area contributed by atoms with Crippen LogP contribution in [0.2, 0.25) is 0 Å². The Morgan fingerprint density at radius 2 is 2.00 bits per heavy atom. The van der Waals surface area contributed by atoms with E-state index in [0.29, 0.717) is 17.0 Å². The van der Waals surface area contributed by atoms with Gasteiger partial charge in [-0.25, -0.2) is 4.68 Å². The lowest BCUT2D eigenvalue weighted by Gasteiger charge is -2.28. The average molecular weight is 366 g/mol. The maximum atomic E-state index is 12.3. The first-order chi connectivity index (χ1) is 12.9. The molecule has 0 aliphatic carbocycles. The van der Waals surface area contributed by atoms with Crippen LogP contribution in [0.1, 0.15) is 31.9 Å². The molecule has 1 aliphatic rings. The standard InChI is InChI=1S/C20H26N6O/c1-20(2,3)26-17-16(12-22-26)18(27)24-19(23-17)21-9-11-25-10-8-14-6-4-5-7-15(14)13-25/h4-7,12H,8-11,13H2,1-3H3,(H2,21,23,24,27). The van der Waals surface area contributed by atoms with E-state index in [1.165, 1.54) is 11.1 Å². The van der Waals surface area contributed by atoms with E-state index >= 15 is 0 Å². The molecule has 1 aliphatic heterocycles. The van der Waals surface area contributed by atoms with Gasteiger partial charge in [-0.05, 0) is 38.3 Å². The zero-order valence-electron chi connectivity index (χ0n) is 16.1. The summed E-state index contributed by atoms with van der Waals surface area (Å²) in [7, 11) is 0. The molecule has 0 saturated heterocycles. The number of aromatic nitrogens is 4. The smallest absolute Gasteiger partial charge is 0.263 e. The molecule has 3 heterocycles. The van der Waals surface area contributed by atoms with Crippen molar-refractivity contribution in [3.63, 3.8) is 0 Å². The van der Waals surface area contributed by atoms with E-state index < -0.39 is 0 Å². The second-order valence-electron chi connectivity index (χ2n) is 8.10. The maximum absolute atomic E-state index is 12.3. The van der Waals surface area contributed by atoms with E-state index in [-0.39, 0.29) is 11.1 Å². The van der Waals surface area contributed by atoms with Gasteiger partial charge in [0.1, 0.15) is 5.39 Å². The SMILES string of the molecule is CC(C)(C)n1ncc2c(=O)[nH]c(NCCN3CCc4ccccc4C3)nc21. The minimum absolute atomic E-state index is 0.162. The number of H-pyrrole nitrogens is 1. The average Bonchev–Trinajstić information content (AvgIpc) is 3.06. The van der Waals surface area contributed by atoms with Gasteiger partial charge in [-0.2, -0.15) is 10.1 Å². The molecular formula is C20H26N6O. The summed E-state index contributed by atoms with van der Waals surface area (Å²) in [5.74, 6) is 0.496. The molecule has 0 spiro atoms. The van der Waals surface area contributed by atoms with Crippen molar-refractivity contribution in [3.05, 3.63) is 51.9 Å². The molecule has 27 heavy (non-hydrogen) atoms. The monoisotopic (exact) mass is 366 g/mol. The van der Waals surface area contributed by atoms with Crippen LogP contribution in [-0.2, 0) is 18.5 Å². The molecule has 0 amide bonds. The first-order valence-corrected chi connectivity index (χ1v) is 9.43. The lowest BCUT2D eigenvalue weighted by atomic mass is 10.00. The minimum Gasteiger partial charge on any atom is -0.354 e. The number of nitrogens with zero attached hydrogens (tertiary/aromatic N) is 4. The molecule has 1 aromatic carbocycles. The summed E-state index contributed by atoms with van der Waals surface area (Å²) in [5, 5.41) is 8.13. The van der Waals surface area contributed by atoms with Crippen molar-refractivity contribution in [3.8, 4) is 0 Å². The predicted octanol–water partition coefficient (Wildman–Crippen LogP) is 2.34. The number of hydrogen-bond acceptors (Lipinski definition) is 5. The predicted molar refractivity (Wildman–Crippen MR) is 107 cm³/mol. The van der Waals surface area contributed by atoms with Gasteiger partial charge in [0, 0.05) is 26.2 Å². The van der Waals surface area contributed by atoms with Crippen LogP contribution in [0.5, 0.6) is 0 Å². The van der Waals surface area contributed by atoms with Crippen LogP contribution in [0.3, 0.4) is 0 Å². The van der Waals surface area contributed by atoms with Crippen molar-refractivity contribution in [1.29, 1.82) is 0 Å². The molecular weight excluding hydrogens is 340 g/mol. The molecule has 7 nitrogen and oxygen atoms in total. The topological polar surface area (TPSA) is 78.8 Å².